The van der Waals surface area contributed by atoms with E-state index in [-0.39, 0.29) is 0 Å². The Balaban J connectivity index is 3.91. The molecule has 0 spiro atoms. The molecular weight excluding hydrogens is 204 g/mol. The van der Waals surface area contributed by atoms with E-state index in [1.165, 1.54) is 0 Å². The maximum Gasteiger partial charge on any atom is 0.335 e. The van der Waals surface area contributed by atoms with E-state index in [0.29, 0.717) is 19.6 Å². The highest BCUT2D eigenvalue weighted by molar-refractivity contribution is 7.80. The van der Waals surface area contributed by atoms with E-state index in [1.807, 2.05) is 20.4 Å². The molecule has 1 N–H and O–H groups in total. The molecule has 0 heterocycles. The minimum atomic E-state index is -2.02. The lowest BCUT2D eigenvalue weighted by Crippen LogP contribution is -2.39. The molecule has 0 amide bonds. The first kappa shape index (κ1) is 13.4. The van der Waals surface area contributed by atoms with Crippen molar-refractivity contribution >= 4 is 21.2 Å². The van der Waals surface area contributed by atoms with Crippen LogP contribution in [0.25, 0.3) is 0 Å². The van der Waals surface area contributed by atoms with Crippen LogP contribution >= 0.6 is 12.6 Å². The van der Waals surface area contributed by atoms with Crippen molar-refractivity contribution in [3.05, 3.63) is 0 Å². The molecule has 0 aromatic rings. The molecule has 0 aromatic heterocycles. The van der Waals surface area contributed by atoms with Crippen LogP contribution in [0.2, 0.25) is 12.6 Å². The zero-order valence-corrected chi connectivity index (χ0v) is 10.5. The van der Waals surface area contributed by atoms with E-state index < -0.39 is 14.0 Å². The Kier molecular flexibility index (Phi) is 7.07. The smallest absolute Gasteiger partial charge is 0.335 e. The zero-order valence-electron chi connectivity index (χ0n) is 8.62. The first-order valence-electron chi connectivity index (χ1n) is 4.68. The number of hydrogen-bond acceptors (Lipinski definition) is 4. The molecule has 5 heteroatoms. The van der Waals surface area contributed by atoms with Crippen molar-refractivity contribution in [3.63, 3.8) is 0 Å². The second-order valence-corrected chi connectivity index (χ2v) is 6.96. The third kappa shape index (κ3) is 6.51. The summed E-state index contributed by atoms with van der Waals surface area (Å²) in [6.45, 7) is 7.29. The molecule has 0 aliphatic heterocycles. The Labute approximate surface area is 87.1 Å². The van der Waals surface area contributed by atoms with Crippen LogP contribution < -0.4 is 0 Å². The normalized spacial score (nSPS) is 14.5. The fourth-order valence-electron chi connectivity index (χ4n) is 1.19. The molecule has 0 aliphatic carbocycles. The molecule has 1 atom stereocenters. The van der Waals surface area contributed by atoms with Crippen LogP contribution in [0.3, 0.4) is 0 Å². The van der Waals surface area contributed by atoms with Gasteiger partial charge in [0.15, 0.2) is 0 Å². The van der Waals surface area contributed by atoms with Crippen LogP contribution in [0.15, 0.2) is 0 Å². The maximum absolute atomic E-state index is 9.03. The van der Waals surface area contributed by atoms with Gasteiger partial charge in [-0.05, 0) is 32.9 Å². The quantitative estimate of drug-likeness (QED) is 0.393. The number of aliphatic hydroxyl groups is 1. The van der Waals surface area contributed by atoms with E-state index in [9.17, 15) is 0 Å². The molecule has 0 saturated carbocycles. The van der Waals surface area contributed by atoms with Crippen molar-refractivity contribution in [1.82, 2.24) is 0 Å². The Hall–Kier alpha value is 0.447. The van der Waals surface area contributed by atoms with E-state index in [2.05, 4.69) is 12.6 Å². The average molecular weight is 224 g/mol. The number of rotatable bonds is 7. The van der Waals surface area contributed by atoms with Crippen LogP contribution in [0.4, 0.5) is 0 Å². The van der Waals surface area contributed by atoms with Crippen molar-refractivity contribution in [1.29, 1.82) is 0 Å². The summed E-state index contributed by atoms with van der Waals surface area (Å²) < 4.78 is 11.2. The third-order valence-electron chi connectivity index (χ3n) is 1.76. The Bertz CT molecular complexity index is 127. The van der Waals surface area contributed by atoms with E-state index >= 15 is 0 Å². The Morgan fingerprint density at radius 1 is 1.31 bits per heavy atom. The van der Waals surface area contributed by atoms with Gasteiger partial charge in [-0.15, -0.1) is 12.6 Å². The van der Waals surface area contributed by atoms with Gasteiger partial charge < -0.3 is 14.0 Å². The standard InChI is InChI=1S/C8H20O3SSi/c1-4-10-13(3,11-5-2)7-6-8(9)12/h8-9,12H,4-7H2,1-3H3. The van der Waals surface area contributed by atoms with Gasteiger partial charge in [-0.1, -0.05) is 0 Å². The summed E-state index contributed by atoms with van der Waals surface area (Å²) in [5, 5.41) is 9.03. The number of aliphatic hydroxyl groups excluding tert-OH is 1. The van der Waals surface area contributed by atoms with E-state index in [4.69, 9.17) is 14.0 Å². The van der Waals surface area contributed by atoms with Crippen LogP contribution in [0.1, 0.15) is 20.3 Å². The predicted molar refractivity (Wildman–Crippen MR) is 59.3 cm³/mol. The van der Waals surface area contributed by atoms with Gasteiger partial charge >= 0.3 is 8.56 Å². The number of hydrogen-bond donors (Lipinski definition) is 2. The van der Waals surface area contributed by atoms with Gasteiger partial charge in [0, 0.05) is 13.2 Å². The zero-order chi connectivity index (χ0) is 10.3. The number of thiol groups is 1. The molecule has 0 aliphatic rings. The van der Waals surface area contributed by atoms with Crippen molar-refractivity contribution in [2.75, 3.05) is 13.2 Å². The minimum Gasteiger partial charge on any atom is -0.395 e. The molecule has 0 aromatic carbocycles. The molecule has 13 heavy (non-hydrogen) atoms. The van der Waals surface area contributed by atoms with E-state index in [0.717, 1.165) is 6.04 Å². The average Bonchev–Trinajstić information content (AvgIpc) is 2.02. The highest BCUT2D eigenvalue weighted by atomic mass is 32.1. The van der Waals surface area contributed by atoms with Gasteiger partial charge in [0.2, 0.25) is 0 Å². The summed E-state index contributed by atoms with van der Waals surface area (Å²) in [4.78, 5) is 0. The van der Waals surface area contributed by atoms with Crippen LogP contribution in [0.5, 0.6) is 0 Å². The summed E-state index contributed by atoms with van der Waals surface area (Å²) in [5.41, 5.74) is -0.562. The van der Waals surface area contributed by atoms with Crippen LogP contribution in [0, 0.1) is 0 Å². The van der Waals surface area contributed by atoms with E-state index in [1.54, 1.807) is 0 Å². The Morgan fingerprint density at radius 3 is 2.08 bits per heavy atom. The van der Waals surface area contributed by atoms with Crippen molar-refractivity contribution in [2.45, 2.75) is 38.3 Å². The van der Waals surface area contributed by atoms with Gasteiger partial charge in [0.1, 0.15) is 0 Å². The lowest BCUT2D eigenvalue weighted by atomic mass is 10.5. The first-order chi connectivity index (χ1) is 6.04. The van der Waals surface area contributed by atoms with Gasteiger partial charge in [0.25, 0.3) is 0 Å². The molecular formula is C8H20O3SSi. The molecule has 3 nitrogen and oxygen atoms in total. The van der Waals surface area contributed by atoms with Crippen molar-refractivity contribution in [2.24, 2.45) is 0 Å². The van der Waals surface area contributed by atoms with Gasteiger partial charge in [-0.2, -0.15) is 0 Å². The molecule has 1 unspecified atom stereocenters. The van der Waals surface area contributed by atoms with Crippen molar-refractivity contribution < 1.29 is 14.0 Å². The van der Waals surface area contributed by atoms with Crippen molar-refractivity contribution in [3.8, 4) is 0 Å². The third-order valence-corrected chi connectivity index (χ3v) is 5.01. The SMILES string of the molecule is CCO[Si](C)(CCC(O)S)OCC. The topological polar surface area (TPSA) is 38.7 Å². The Morgan fingerprint density at radius 2 is 1.77 bits per heavy atom. The summed E-state index contributed by atoms with van der Waals surface area (Å²) in [7, 11) is -2.02. The lowest BCUT2D eigenvalue weighted by Gasteiger charge is -2.26. The molecule has 0 fully saturated rings. The molecule has 80 valence electrons. The highest BCUT2D eigenvalue weighted by Crippen LogP contribution is 2.17. The molecule has 0 bridgehead atoms. The van der Waals surface area contributed by atoms with Gasteiger partial charge in [0.05, 0.1) is 5.44 Å². The fraction of sp³-hybridized carbons (Fsp3) is 1.00. The predicted octanol–water partition coefficient (Wildman–Crippen LogP) is 1.77. The van der Waals surface area contributed by atoms with Gasteiger partial charge in [-0.25, -0.2) is 0 Å². The monoisotopic (exact) mass is 224 g/mol. The summed E-state index contributed by atoms with van der Waals surface area (Å²) in [6.07, 6.45) is 0.631. The summed E-state index contributed by atoms with van der Waals surface area (Å²) >= 11 is 3.91. The summed E-state index contributed by atoms with van der Waals surface area (Å²) in [5.74, 6) is 0. The lowest BCUT2D eigenvalue weighted by molar-refractivity contribution is 0.181. The van der Waals surface area contributed by atoms with Crippen LogP contribution in [-0.2, 0) is 8.85 Å². The van der Waals surface area contributed by atoms with Crippen LogP contribution in [-0.4, -0.2) is 32.3 Å². The second kappa shape index (κ2) is 6.84. The maximum atomic E-state index is 9.03. The largest absolute Gasteiger partial charge is 0.395 e. The van der Waals surface area contributed by atoms with Gasteiger partial charge in [-0.3, -0.25) is 0 Å². The molecule has 0 rings (SSSR count). The fourth-order valence-corrected chi connectivity index (χ4v) is 3.95. The minimum absolute atomic E-state index is 0.562. The second-order valence-electron chi connectivity index (χ2n) is 3.02. The summed E-state index contributed by atoms with van der Waals surface area (Å²) in [6, 6.07) is 0.791. The molecule has 0 radical (unpaired) electrons. The molecule has 0 saturated heterocycles. The first-order valence-corrected chi connectivity index (χ1v) is 7.72. The highest BCUT2D eigenvalue weighted by Gasteiger charge is 2.30.